The van der Waals surface area contributed by atoms with Crippen molar-refractivity contribution in [3.8, 4) is 44.3 Å². The van der Waals surface area contributed by atoms with Gasteiger partial charge in [-0.1, -0.05) is 36.4 Å². The summed E-state index contributed by atoms with van der Waals surface area (Å²) in [5.41, 5.74) is 9.86. The largest absolute Gasteiger partial charge is 0.306 e. The zero-order chi connectivity index (χ0) is 25.8. The van der Waals surface area contributed by atoms with Gasteiger partial charge >= 0.3 is 0 Å². The Labute approximate surface area is 226 Å². The standard InChI is InChI=1S/C31H19N7S/c1-2-9-24-23(8-1)33-18-26(34-24)21-11-12-22(31-32-13-16-39-31)30(25-17-20-7-3-6-15-38(20)36-25)29(21)27-19-37-14-5-4-10-28(37)35-27/h1-19H. The number of hydrogen-bond acceptors (Lipinski definition) is 6. The van der Waals surface area contributed by atoms with E-state index in [1.165, 1.54) is 0 Å². The molecule has 0 saturated carbocycles. The van der Waals surface area contributed by atoms with Crippen LogP contribution < -0.4 is 0 Å². The number of pyridine rings is 2. The Morgan fingerprint density at radius 1 is 0.667 bits per heavy atom. The maximum atomic E-state index is 5.06. The summed E-state index contributed by atoms with van der Waals surface area (Å²) in [5.74, 6) is 0. The van der Waals surface area contributed by atoms with E-state index in [0.717, 1.165) is 66.5 Å². The Kier molecular flexibility index (Phi) is 4.86. The zero-order valence-corrected chi connectivity index (χ0v) is 21.3. The topological polar surface area (TPSA) is 73.3 Å². The van der Waals surface area contributed by atoms with Crippen molar-refractivity contribution in [1.29, 1.82) is 0 Å². The summed E-state index contributed by atoms with van der Waals surface area (Å²) in [6.07, 6.45) is 9.71. The molecule has 0 saturated heterocycles. The molecule has 0 bridgehead atoms. The lowest BCUT2D eigenvalue weighted by Crippen LogP contribution is -1.97. The SMILES string of the molecule is c1ccc2nc(-c3ccc(-c4nccs4)c(-c4cc5ccccn5n4)c3-c3cn4ccccc4n3)cnc2c1. The smallest absolute Gasteiger partial charge is 0.137 e. The van der Waals surface area contributed by atoms with E-state index < -0.39 is 0 Å². The first-order valence-corrected chi connectivity index (χ1v) is 13.4. The van der Waals surface area contributed by atoms with Gasteiger partial charge in [-0.15, -0.1) is 11.3 Å². The predicted molar refractivity (Wildman–Crippen MR) is 154 cm³/mol. The van der Waals surface area contributed by atoms with Crippen molar-refractivity contribution in [2.45, 2.75) is 0 Å². The van der Waals surface area contributed by atoms with Crippen LogP contribution in [0.15, 0.2) is 115 Å². The molecule has 2 aromatic carbocycles. The molecule has 0 aliphatic rings. The van der Waals surface area contributed by atoms with Gasteiger partial charge in [-0.25, -0.2) is 19.5 Å². The molecule has 8 rings (SSSR count). The average Bonchev–Trinajstić information content (AvgIpc) is 3.75. The van der Waals surface area contributed by atoms with Gasteiger partial charge < -0.3 is 4.40 Å². The highest BCUT2D eigenvalue weighted by Gasteiger charge is 2.24. The van der Waals surface area contributed by atoms with Crippen LogP contribution in [0.1, 0.15) is 0 Å². The molecule has 184 valence electrons. The first-order chi connectivity index (χ1) is 19.3. The number of fused-ring (bicyclic) bond motifs is 3. The molecule has 0 aliphatic carbocycles. The number of imidazole rings is 1. The zero-order valence-electron chi connectivity index (χ0n) is 20.5. The lowest BCUT2D eigenvalue weighted by Gasteiger charge is -2.16. The van der Waals surface area contributed by atoms with Crippen molar-refractivity contribution in [2.75, 3.05) is 0 Å². The van der Waals surface area contributed by atoms with Crippen molar-refractivity contribution in [1.82, 2.24) is 34.0 Å². The quantitative estimate of drug-likeness (QED) is 0.248. The van der Waals surface area contributed by atoms with Crippen LogP contribution in [0.2, 0.25) is 0 Å². The minimum Gasteiger partial charge on any atom is -0.306 e. The number of benzene rings is 2. The Bertz CT molecular complexity index is 2070. The summed E-state index contributed by atoms with van der Waals surface area (Å²) in [5, 5.41) is 7.92. The third kappa shape index (κ3) is 3.61. The number of thiazole rings is 1. The van der Waals surface area contributed by atoms with Gasteiger partial charge in [0.1, 0.15) is 10.7 Å². The van der Waals surface area contributed by atoms with Crippen LogP contribution in [0, 0.1) is 0 Å². The van der Waals surface area contributed by atoms with Gasteiger partial charge in [0.05, 0.1) is 39.8 Å². The molecule has 0 aliphatic heterocycles. The number of rotatable bonds is 4. The van der Waals surface area contributed by atoms with Crippen molar-refractivity contribution in [2.24, 2.45) is 0 Å². The monoisotopic (exact) mass is 521 g/mol. The highest BCUT2D eigenvalue weighted by molar-refractivity contribution is 7.13. The Morgan fingerprint density at radius 2 is 1.49 bits per heavy atom. The van der Waals surface area contributed by atoms with Crippen LogP contribution in [-0.2, 0) is 0 Å². The number of hydrogen-bond donors (Lipinski definition) is 0. The van der Waals surface area contributed by atoms with E-state index in [1.54, 1.807) is 11.3 Å². The number of aromatic nitrogens is 7. The van der Waals surface area contributed by atoms with Crippen molar-refractivity contribution in [3.63, 3.8) is 0 Å². The number of para-hydroxylation sites is 2. The summed E-state index contributed by atoms with van der Waals surface area (Å²) in [6, 6.07) is 26.3. The summed E-state index contributed by atoms with van der Waals surface area (Å²) >= 11 is 1.60. The van der Waals surface area contributed by atoms with Gasteiger partial charge in [-0.2, -0.15) is 5.10 Å². The molecule has 39 heavy (non-hydrogen) atoms. The molecule has 0 N–H and O–H groups in total. The third-order valence-corrected chi connectivity index (χ3v) is 7.65. The van der Waals surface area contributed by atoms with E-state index in [0.29, 0.717) is 0 Å². The van der Waals surface area contributed by atoms with E-state index >= 15 is 0 Å². The minimum atomic E-state index is 0.774. The lowest BCUT2D eigenvalue weighted by molar-refractivity contribution is 0.966. The first-order valence-electron chi connectivity index (χ1n) is 12.5. The van der Waals surface area contributed by atoms with Crippen LogP contribution >= 0.6 is 11.3 Å². The second-order valence-electron chi connectivity index (χ2n) is 9.18. The molecule has 7 nitrogen and oxygen atoms in total. The van der Waals surface area contributed by atoms with E-state index in [1.807, 2.05) is 93.7 Å². The van der Waals surface area contributed by atoms with E-state index in [9.17, 15) is 0 Å². The van der Waals surface area contributed by atoms with Gasteiger partial charge in [0.15, 0.2) is 0 Å². The highest BCUT2D eigenvalue weighted by atomic mass is 32.1. The third-order valence-electron chi connectivity index (χ3n) is 6.84. The molecular formula is C31H19N7S. The van der Waals surface area contributed by atoms with Crippen molar-refractivity contribution >= 4 is 33.5 Å². The van der Waals surface area contributed by atoms with Crippen LogP contribution in [0.4, 0.5) is 0 Å². The Morgan fingerprint density at radius 3 is 2.36 bits per heavy atom. The van der Waals surface area contributed by atoms with Gasteiger partial charge in [0.25, 0.3) is 0 Å². The first kappa shape index (κ1) is 21.8. The van der Waals surface area contributed by atoms with Gasteiger partial charge in [-0.05, 0) is 42.5 Å². The molecular weight excluding hydrogens is 502 g/mol. The van der Waals surface area contributed by atoms with Crippen LogP contribution in [0.3, 0.4) is 0 Å². The molecule has 0 spiro atoms. The molecule has 0 unspecified atom stereocenters. The molecule has 0 radical (unpaired) electrons. The fraction of sp³-hybridized carbons (Fsp3) is 0. The lowest BCUT2D eigenvalue weighted by atomic mass is 9.90. The Hall–Kier alpha value is -5.21. The van der Waals surface area contributed by atoms with Crippen LogP contribution in [-0.4, -0.2) is 34.0 Å². The minimum absolute atomic E-state index is 0.774. The fourth-order valence-electron chi connectivity index (χ4n) is 5.09. The van der Waals surface area contributed by atoms with Crippen LogP contribution in [0.25, 0.3) is 66.5 Å². The highest BCUT2D eigenvalue weighted by Crippen LogP contribution is 2.45. The maximum Gasteiger partial charge on any atom is 0.137 e. The molecule has 0 fully saturated rings. The van der Waals surface area contributed by atoms with E-state index in [2.05, 4.69) is 35.4 Å². The molecule has 8 heteroatoms. The molecule has 6 aromatic heterocycles. The summed E-state index contributed by atoms with van der Waals surface area (Å²) in [6.45, 7) is 0. The summed E-state index contributed by atoms with van der Waals surface area (Å²) < 4.78 is 3.94. The molecule has 6 heterocycles. The van der Waals surface area contributed by atoms with Gasteiger partial charge in [-0.3, -0.25) is 4.98 Å². The Balaban J connectivity index is 1.50. The second-order valence-corrected chi connectivity index (χ2v) is 10.1. The maximum absolute atomic E-state index is 5.06. The van der Waals surface area contributed by atoms with E-state index in [-0.39, 0.29) is 0 Å². The average molecular weight is 522 g/mol. The van der Waals surface area contributed by atoms with Crippen LogP contribution in [0.5, 0.6) is 0 Å². The molecule has 0 atom stereocenters. The number of nitrogens with zero attached hydrogens (tertiary/aromatic N) is 7. The second kappa shape index (κ2) is 8.68. The van der Waals surface area contributed by atoms with Crippen molar-refractivity contribution < 1.29 is 0 Å². The van der Waals surface area contributed by atoms with Gasteiger partial charge in [0, 0.05) is 52.4 Å². The predicted octanol–water partition coefficient (Wildman–Crippen LogP) is 7.05. The summed E-state index contributed by atoms with van der Waals surface area (Å²) in [7, 11) is 0. The fourth-order valence-corrected chi connectivity index (χ4v) is 5.75. The van der Waals surface area contributed by atoms with Crippen molar-refractivity contribution in [3.05, 3.63) is 115 Å². The molecule has 0 amide bonds. The molecule has 8 aromatic rings. The van der Waals surface area contributed by atoms with Gasteiger partial charge in [0.2, 0.25) is 0 Å². The summed E-state index contributed by atoms with van der Waals surface area (Å²) in [4.78, 5) is 19.5. The van der Waals surface area contributed by atoms with E-state index in [4.69, 9.17) is 20.1 Å². The normalized spacial score (nSPS) is 11.6.